The van der Waals surface area contributed by atoms with Gasteiger partial charge < -0.3 is 20.7 Å². The number of ether oxygens (including phenoxy) is 1. The molecule has 1 aliphatic heterocycles. The van der Waals surface area contributed by atoms with E-state index >= 15 is 0 Å². The molecule has 2 saturated carbocycles. The maximum Gasteiger partial charge on any atom is 0.573 e. The largest absolute Gasteiger partial charge is 0.573 e. The quantitative estimate of drug-likeness (QED) is 0.816. The van der Waals surface area contributed by atoms with Crippen LogP contribution in [0.15, 0.2) is 24.3 Å². The fourth-order valence-electron chi connectivity index (χ4n) is 4.91. The average molecular weight is 397 g/mol. The Hall–Kier alpha value is -2.29. The van der Waals surface area contributed by atoms with Crippen LogP contribution in [0, 0.1) is 17.8 Å². The standard InChI is InChI=1S/C19H22F3N3O3/c20-19(21,22)28-13-3-1-2-12(9-13)25-7-6-14(18(25)27)24-17(26)15-10-4-5-11(8-10)16(15)23/h1-3,9-11,14-16H,4-8,23H2,(H,24,26). The summed E-state index contributed by atoms with van der Waals surface area (Å²) < 4.78 is 41.2. The van der Waals surface area contributed by atoms with Crippen molar-refractivity contribution in [3.05, 3.63) is 24.3 Å². The third-order valence-corrected chi connectivity index (χ3v) is 6.17. The average Bonchev–Trinajstić information content (AvgIpc) is 3.29. The molecule has 3 fully saturated rings. The number of nitrogens with two attached hydrogens (primary N) is 1. The van der Waals surface area contributed by atoms with E-state index in [9.17, 15) is 22.8 Å². The third kappa shape index (κ3) is 3.55. The molecule has 2 amide bonds. The smallest absolute Gasteiger partial charge is 0.406 e. The number of alkyl halides is 3. The normalized spacial score (nSPS) is 32.1. The molecule has 5 atom stereocenters. The Labute approximate surface area is 160 Å². The molecule has 4 rings (SSSR count). The lowest BCUT2D eigenvalue weighted by Gasteiger charge is -2.28. The summed E-state index contributed by atoms with van der Waals surface area (Å²) in [7, 11) is 0. The Morgan fingerprint density at radius 3 is 2.64 bits per heavy atom. The molecular weight excluding hydrogens is 375 g/mol. The summed E-state index contributed by atoms with van der Waals surface area (Å²) >= 11 is 0. The van der Waals surface area contributed by atoms with Crippen LogP contribution >= 0.6 is 0 Å². The number of halogens is 3. The molecule has 5 unspecified atom stereocenters. The number of carbonyl (C=O) groups excluding carboxylic acids is 2. The minimum Gasteiger partial charge on any atom is -0.406 e. The Morgan fingerprint density at radius 2 is 1.96 bits per heavy atom. The third-order valence-electron chi connectivity index (χ3n) is 6.17. The number of carbonyl (C=O) groups is 2. The van der Waals surface area contributed by atoms with Crippen LogP contribution in [0.4, 0.5) is 18.9 Å². The van der Waals surface area contributed by atoms with Gasteiger partial charge >= 0.3 is 6.36 Å². The van der Waals surface area contributed by atoms with Crippen LogP contribution in [0.3, 0.4) is 0 Å². The molecule has 2 bridgehead atoms. The first-order chi connectivity index (χ1) is 13.2. The Kier molecular flexibility index (Phi) is 4.73. The fraction of sp³-hybridized carbons (Fsp3) is 0.579. The van der Waals surface area contributed by atoms with Gasteiger partial charge in [-0.15, -0.1) is 13.2 Å². The first-order valence-corrected chi connectivity index (χ1v) is 9.46. The predicted octanol–water partition coefficient (Wildman–Crippen LogP) is 2.18. The number of hydrogen-bond acceptors (Lipinski definition) is 4. The summed E-state index contributed by atoms with van der Waals surface area (Å²) in [5, 5.41) is 2.82. The Balaban J connectivity index is 1.41. The number of rotatable bonds is 4. The van der Waals surface area contributed by atoms with Crippen LogP contribution in [-0.2, 0) is 9.59 Å². The zero-order valence-electron chi connectivity index (χ0n) is 15.1. The van der Waals surface area contributed by atoms with Gasteiger partial charge in [0.05, 0.1) is 5.92 Å². The van der Waals surface area contributed by atoms with Gasteiger partial charge in [0.1, 0.15) is 11.8 Å². The van der Waals surface area contributed by atoms with Gasteiger partial charge in [-0.3, -0.25) is 9.59 Å². The highest BCUT2D eigenvalue weighted by Gasteiger charge is 2.50. The first-order valence-electron chi connectivity index (χ1n) is 9.46. The zero-order chi connectivity index (χ0) is 20.1. The molecule has 6 nitrogen and oxygen atoms in total. The summed E-state index contributed by atoms with van der Waals surface area (Å²) in [6, 6.07) is 4.42. The number of fused-ring (bicyclic) bond motifs is 2. The second-order valence-corrected chi connectivity index (χ2v) is 7.82. The molecule has 1 saturated heterocycles. The van der Waals surface area contributed by atoms with E-state index in [1.54, 1.807) is 0 Å². The summed E-state index contributed by atoms with van der Waals surface area (Å²) in [4.78, 5) is 26.8. The van der Waals surface area contributed by atoms with Gasteiger partial charge in [0, 0.05) is 24.3 Å². The fourth-order valence-corrected chi connectivity index (χ4v) is 4.91. The molecule has 0 spiro atoms. The van der Waals surface area contributed by atoms with Gasteiger partial charge in [-0.2, -0.15) is 0 Å². The number of nitrogens with zero attached hydrogens (tertiary/aromatic N) is 1. The molecule has 0 aromatic heterocycles. The Morgan fingerprint density at radius 1 is 1.21 bits per heavy atom. The number of benzene rings is 1. The maximum atomic E-state index is 12.7. The van der Waals surface area contributed by atoms with Crippen molar-refractivity contribution in [2.45, 2.75) is 44.1 Å². The van der Waals surface area contributed by atoms with Crippen LogP contribution in [-0.4, -0.2) is 36.8 Å². The van der Waals surface area contributed by atoms with Crippen molar-refractivity contribution >= 4 is 17.5 Å². The molecule has 152 valence electrons. The highest BCUT2D eigenvalue weighted by molar-refractivity contribution is 6.01. The van der Waals surface area contributed by atoms with E-state index in [1.807, 2.05) is 0 Å². The molecule has 1 heterocycles. The van der Waals surface area contributed by atoms with Crippen molar-refractivity contribution in [1.82, 2.24) is 5.32 Å². The van der Waals surface area contributed by atoms with Gasteiger partial charge in [-0.25, -0.2) is 0 Å². The summed E-state index contributed by atoms with van der Waals surface area (Å²) in [6.07, 6.45) is -1.39. The highest BCUT2D eigenvalue weighted by Crippen LogP contribution is 2.47. The molecule has 1 aromatic carbocycles. The molecular formula is C19H22F3N3O3. The number of nitrogens with one attached hydrogen (secondary N) is 1. The highest BCUT2D eigenvalue weighted by atomic mass is 19.4. The zero-order valence-corrected chi connectivity index (χ0v) is 15.1. The lowest BCUT2D eigenvalue weighted by molar-refractivity contribution is -0.274. The lowest BCUT2D eigenvalue weighted by atomic mass is 9.84. The van der Waals surface area contributed by atoms with Crippen molar-refractivity contribution in [3.63, 3.8) is 0 Å². The molecule has 3 aliphatic rings. The van der Waals surface area contributed by atoms with E-state index < -0.39 is 18.2 Å². The van der Waals surface area contributed by atoms with Crippen LogP contribution in [0.1, 0.15) is 25.7 Å². The van der Waals surface area contributed by atoms with E-state index in [4.69, 9.17) is 5.73 Å². The van der Waals surface area contributed by atoms with Crippen LogP contribution < -0.4 is 20.7 Å². The van der Waals surface area contributed by atoms with E-state index in [0.29, 0.717) is 24.6 Å². The second kappa shape index (κ2) is 6.95. The monoisotopic (exact) mass is 397 g/mol. The SMILES string of the molecule is NC1C2CCC(C2)C1C(=O)NC1CCN(c2cccc(OC(F)(F)F)c2)C1=O. The van der Waals surface area contributed by atoms with Crippen LogP contribution in [0.2, 0.25) is 0 Å². The van der Waals surface area contributed by atoms with Crippen molar-refractivity contribution in [1.29, 1.82) is 0 Å². The van der Waals surface area contributed by atoms with E-state index in [1.165, 1.54) is 29.2 Å². The molecule has 0 radical (unpaired) electrons. The summed E-state index contributed by atoms with van der Waals surface area (Å²) in [5.74, 6) is -0.512. The van der Waals surface area contributed by atoms with Crippen molar-refractivity contribution in [3.8, 4) is 5.75 Å². The molecule has 9 heteroatoms. The van der Waals surface area contributed by atoms with E-state index in [-0.39, 0.29) is 29.7 Å². The van der Waals surface area contributed by atoms with E-state index in [2.05, 4.69) is 10.1 Å². The van der Waals surface area contributed by atoms with Crippen LogP contribution in [0.25, 0.3) is 0 Å². The van der Waals surface area contributed by atoms with Crippen molar-refractivity contribution in [2.75, 3.05) is 11.4 Å². The molecule has 1 aromatic rings. The molecule has 2 aliphatic carbocycles. The minimum atomic E-state index is -4.80. The van der Waals surface area contributed by atoms with Gasteiger partial charge in [0.2, 0.25) is 11.8 Å². The van der Waals surface area contributed by atoms with Gasteiger partial charge in [0.15, 0.2) is 0 Å². The summed E-state index contributed by atoms with van der Waals surface area (Å²) in [5.41, 5.74) is 6.50. The molecule has 3 N–H and O–H groups in total. The summed E-state index contributed by atoms with van der Waals surface area (Å²) in [6.45, 7) is 0.308. The minimum absolute atomic E-state index is 0.164. The van der Waals surface area contributed by atoms with Crippen molar-refractivity contribution < 1.29 is 27.5 Å². The predicted molar refractivity (Wildman–Crippen MR) is 94.3 cm³/mol. The Bertz CT molecular complexity index is 783. The van der Waals surface area contributed by atoms with Gasteiger partial charge in [0.25, 0.3) is 0 Å². The first kappa shape index (κ1) is 19.0. The van der Waals surface area contributed by atoms with Gasteiger partial charge in [-0.05, 0) is 49.7 Å². The van der Waals surface area contributed by atoms with Crippen molar-refractivity contribution in [2.24, 2.45) is 23.5 Å². The lowest BCUT2D eigenvalue weighted by Crippen LogP contribution is -2.50. The van der Waals surface area contributed by atoms with E-state index in [0.717, 1.165) is 19.3 Å². The number of amides is 2. The molecule has 28 heavy (non-hydrogen) atoms. The van der Waals surface area contributed by atoms with Gasteiger partial charge in [-0.1, -0.05) is 6.07 Å². The second-order valence-electron chi connectivity index (χ2n) is 7.82. The number of hydrogen-bond donors (Lipinski definition) is 2. The number of anilines is 1. The topological polar surface area (TPSA) is 84.7 Å². The van der Waals surface area contributed by atoms with Crippen LogP contribution in [0.5, 0.6) is 5.75 Å². The maximum absolute atomic E-state index is 12.7.